The highest BCUT2D eigenvalue weighted by Crippen LogP contribution is 2.21. The van der Waals surface area contributed by atoms with E-state index in [-0.39, 0.29) is 5.91 Å². The van der Waals surface area contributed by atoms with Gasteiger partial charge in [0.25, 0.3) is 5.91 Å². The highest BCUT2D eigenvalue weighted by Gasteiger charge is 2.09. The van der Waals surface area contributed by atoms with Crippen molar-refractivity contribution in [3.8, 4) is 11.5 Å². The van der Waals surface area contributed by atoms with E-state index in [1.807, 2.05) is 24.3 Å². The summed E-state index contributed by atoms with van der Waals surface area (Å²) in [5, 5.41) is 6.23. The highest BCUT2D eigenvalue weighted by atomic mass is 35.5. The third kappa shape index (κ3) is 5.34. The van der Waals surface area contributed by atoms with Crippen LogP contribution in [0.2, 0.25) is 5.02 Å². The first-order valence-electron chi connectivity index (χ1n) is 8.54. The lowest BCUT2D eigenvalue weighted by molar-refractivity contribution is 0.102. The summed E-state index contributed by atoms with van der Waals surface area (Å²) in [6.07, 6.45) is 2.90. The Morgan fingerprint density at radius 2 is 1.71 bits per heavy atom. The molecular formula is C20H19ClN4O3. The van der Waals surface area contributed by atoms with Crippen LogP contribution in [-0.4, -0.2) is 36.1 Å². The first-order valence-corrected chi connectivity index (χ1v) is 8.92. The maximum atomic E-state index is 12.2. The standard InChI is InChI=1S/C20H19ClN4O3/c1-27-15-6-8-16(9-7-15)28-11-10-22-20-23-12-14(13-24-20)19(26)25-18-5-3-2-4-17(18)21/h2-9,12-13H,10-11H2,1H3,(H,25,26)(H,22,23,24). The van der Waals surface area contributed by atoms with Gasteiger partial charge in [0.1, 0.15) is 18.1 Å². The third-order valence-electron chi connectivity index (χ3n) is 3.75. The van der Waals surface area contributed by atoms with Crippen LogP contribution in [0.25, 0.3) is 0 Å². The fourth-order valence-corrected chi connectivity index (χ4v) is 2.48. The minimum atomic E-state index is -0.331. The number of hydrogen-bond acceptors (Lipinski definition) is 6. The molecule has 0 fully saturated rings. The predicted molar refractivity (Wildman–Crippen MR) is 108 cm³/mol. The molecule has 0 aliphatic rings. The van der Waals surface area contributed by atoms with E-state index >= 15 is 0 Å². The minimum absolute atomic E-state index is 0.331. The summed E-state index contributed by atoms with van der Waals surface area (Å²) >= 11 is 6.04. The molecule has 0 radical (unpaired) electrons. The third-order valence-corrected chi connectivity index (χ3v) is 4.08. The molecular weight excluding hydrogens is 380 g/mol. The molecule has 144 valence electrons. The number of halogens is 1. The minimum Gasteiger partial charge on any atom is -0.497 e. The zero-order valence-electron chi connectivity index (χ0n) is 15.2. The van der Waals surface area contributed by atoms with Crippen LogP contribution in [0.5, 0.6) is 11.5 Å². The van der Waals surface area contributed by atoms with Gasteiger partial charge >= 0.3 is 0 Å². The van der Waals surface area contributed by atoms with Crippen molar-refractivity contribution >= 4 is 29.1 Å². The smallest absolute Gasteiger partial charge is 0.258 e. The summed E-state index contributed by atoms with van der Waals surface area (Å²) in [5.41, 5.74) is 0.868. The number of benzene rings is 2. The van der Waals surface area contributed by atoms with Crippen LogP contribution in [-0.2, 0) is 0 Å². The molecule has 1 heterocycles. The maximum Gasteiger partial charge on any atom is 0.258 e. The summed E-state index contributed by atoms with van der Waals surface area (Å²) in [6, 6.07) is 14.3. The molecule has 1 amide bonds. The number of carbonyl (C=O) groups is 1. The molecule has 2 aromatic carbocycles. The molecule has 0 atom stereocenters. The molecule has 3 rings (SSSR count). The van der Waals surface area contributed by atoms with Gasteiger partial charge in [0.2, 0.25) is 5.95 Å². The second-order valence-electron chi connectivity index (χ2n) is 5.68. The van der Waals surface area contributed by atoms with Gasteiger partial charge in [-0.15, -0.1) is 0 Å². The number of carbonyl (C=O) groups excluding carboxylic acids is 1. The van der Waals surface area contributed by atoms with Crippen LogP contribution in [0.1, 0.15) is 10.4 Å². The van der Waals surface area contributed by atoms with Crippen molar-refractivity contribution in [2.75, 3.05) is 30.9 Å². The molecule has 0 unspecified atom stereocenters. The second kappa shape index (κ2) is 9.57. The van der Waals surface area contributed by atoms with E-state index in [0.29, 0.717) is 35.4 Å². The van der Waals surface area contributed by atoms with Crippen LogP contribution < -0.4 is 20.1 Å². The Balaban J connectivity index is 1.46. The number of methoxy groups -OCH3 is 1. The van der Waals surface area contributed by atoms with Crippen molar-refractivity contribution in [1.82, 2.24) is 9.97 Å². The van der Waals surface area contributed by atoms with Crippen LogP contribution >= 0.6 is 11.6 Å². The van der Waals surface area contributed by atoms with E-state index < -0.39 is 0 Å². The number of amides is 1. The first-order chi connectivity index (χ1) is 13.7. The number of nitrogens with zero attached hydrogens (tertiary/aromatic N) is 2. The van der Waals surface area contributed by atoms with E-state index in [1.54, 1.807) is 31.4 Å². The zero-order valence-corrected chi connectivity index (χ0v) is 15.9. The summed E-state index contributed by atoms with van der Waals surface area (Å²) in [7, 11) is 1.62. The van der Waals surface area contributed by atoms with E-state index in [2.05, 4.69) is 20.6 Å². The molecule has 0 bridgehead atoms. The Labute approximate surface area is 167 Å². The van der Waals surface area contributed by atoms with Crippen molar-refractivity contribution < 1.29 is 14.3 Å². The molecule has 0 saturated carbocycles. The number of para-hydroxylation sites is 1. The number of rotatable bonds is 8. The van der Waals surface area contributed by atoms with Crippen molar-refractivity contribution in [3.63, 3.8) is 0 Å². The zero-order chi connectivity index (χ0) is 19.8. The summed E-state index contributed by atoms with van der Waals surface area (Å²) in [6.45, 7) is 0.946. The van der Waals surface area contributed by atoms with E-state index in [0.717, 1.165) is 11.5 Å². The van der Waals surface area contributed by atoms with Gasteiger partial charge in [0, 0.05) is 12.4 Å². The van der Waals surface area contributed by atoms with Gasteiger partial charge in [0.05, 0.1) is 29.9 Å². The molecule has 8 heteroatoms. The fraction of sp³-hybridized carbons (Fsp3) is 0.150. The average Bonchev–Trinajstić information content (AvgIpc) is 2.73. The number of nitrogens with one attached hydrogen (secondary N) is 2. The van der Waals surface area contributed by atoms with E-state index in [4.69, 9.17) is 21.1 Å². The number of ether oxygens (including phenoxy) is 2. The number of hydrogen-bond donors (Lipinski definition) is 2. The van der Waals surface area contributed by atoms with Crippen LogP contribution in [0.4, 0.5) is 11.6 Å². The predicted octanol–water partition coefficient (Wildman–Crippen LogP) is 3.88. The van der Waals surface area contributed by atoms with Crippen LogP contribution in [0, 0.1) is 0 Å². The van der Waals surface area contributed by atoms with Gasteiger partial charge in [-0.2, -0.15) is 0 Å². The summed E-state index contributed by atoms with van der Waals surface area (Å²) in [4.78, 5) is 20.5. The number of aromatic nitrogens is 2. The molecule has 0 aliphatic heterocycles. The topological polar surface area (TPSA) is 85.4 Å². The average molecular weight is 399 g/mol. The van der Waals surface area contributed by atoms with Crippen LogP contribution in [0.3, 0.4) is 0 Å². The van der Waals surface area contributed by atoms with Crippen molar-refractivity contribution in [2.24, 2.45) is 0 Å². The van der Waals surface area contributed by atoms with Crippen molar-refractivity contribution in [2.45, 2.75) is 0 Å². The molecule has 0 saturated heterocycles. The van der Waals surface area contributed by atoms with Crippen molar-refractivity contribution in [3.05, 3.63) is 71.5 Å². The van der Waals surface area contributed by atoms with Crippen molar-refractivity contribution in [1.29, 1.82) is 0 Å². The Kier molecular flexibility index (Phi) is 6.64. The van der Waals surface area contributed by atoms with Gasteiger partial charge < -0.3 is 20.1 Å². The lowest BCUT2D eigenvalue weighted by atomic mass is 10.3. The maximum absolute atomic E-state index is 12.2. The van der Waals surface area contributed by atoms with E-state index in [1.165, 1.54) is 12.4 Å². The molecule has 2 N–H and O–H groups in total. The molecule has 0 spiro atoms. The van der Waals surface area contributed by atoms with Gasteiger partial charge in [-0.1, -0.05) is 23.7 Å². The molecule has 1 aromatic heterocycles. The molecule has 7 nitrogen and oxygen atoms in total. The van der Waals surface area contributed by atoms with Crippen LogP contribution in [0.15, 0.2) is 60.9 Å². The lowest BCUT2D eigenvalue weighted by Crippen LogP contribution is -2.15. The first kappa shape index (κ1) is 19.4. The Morgan fingerprint density at radius 1 is 1.04 bits per heavy atom. The normalized spacial score (nSPS) is 10.2. The quantitative estimate of drug-likeness (QED) is 0.560. The van der Waals surface area contributed by atoms with Gasteiger partial charge in [-0.25, -0.2) is 9.97 Å². The Bertz CT molecular complexity index is 917. The molecule has 0 aliphatic carbocycles. The Morgan fingerprint density at radius 3 is 2.39 bits per heavy atom. The highest BCUT2D eigenvalue weighted by molar-refractivity contribution is 6.33. The van der Waals surface area contributed by atoms with Gasteiger partial charge in [0.15, 0.2) is 0 Å². The summed E-state index contributed by atoms with van der Waals surface area (Å²) in [5.74, 6) is 1.60. The molecule has 28 heavy (non-hydrogen) atoms. The van der Waals surface area contributed by atoms with E-state index in [9.17, 15) is 4.79 Å². The van der Waals surface area contributed by atoms with Gasteiger partial charge in [-0.05, 0) is 36.4 Å². The molecule has 3 aromatic rings. The lowest BCUT2D eigenvalue weighted by Gasteiger charge is -2.09. The van der Waals surface area contributed by atoms with Gasteiger partial charge in [-0.3, -0.25) is 4.79 Å². The SMILES string of the molecule is COc1ccc(OCCNc2ncc(C(=O)Nc3ccccc3Cl)cn2)cc1. The largest absolute Gasteiger partial charge is 0.497 e. The summed E-state index contributed by atoms with van der Waals surface area (Å²) < 4.78 is 10.7. The Hall–Kier alpha value is -3.32. The second-order valence-corrected chi connectivity index (χ2v) is 6.09. The fourth-order valence-electron chi connectivity index (χ4n) is 2.30. The monoisotopic (exact) mass is 398 g/mol. The number of anilines is 2.